The minimum atomic E-state index is 1.27. The van der Waals surface area contributed by atoms with Crippen LogP contribution in [0.2, 0.25) is 0 Å². The van der Waals surface area contributed by atoms with Gasteiger partial charge in [0, 0.05) is 0 Å². The molecule has 58 valence electrons. The Labute approximate surface area is 68.3 Å². The third kappa shape index (κ3) is 0.819. The minimum absolute atomic E-state index is 1.27. The summed E-state index contributed by atoms with van der Waals surface area (Å²) in [6.07, 6.45) is 4.91. The van der Waals surface area contributed by atoms with Crippen molar-refractivity contribution in [2.24, 2.45) is 0 Å². The van der Waals surface area contributed by atoms with Gasteiger partial charge in [0.15, 0.2) is 0 Å². The normalized spacial score (nSPS) is 23.0. The van der Waals surface area contributed by atoms with Gasteiger partial charge in [-0.3, -0.25) is 0 Å². The van der Waals surface area contributed by atoms with E-state index in [0.29, 0.717) is 0 Å². The van der Waals surface area contributed by atoms with Crippen molar-refractivity contribution in [2.45, 2.75) is 33.6 Å². The standard InChI is InChI=1S/C11H14/c1-7-4-5-10-6-8(2)9(3)11(7)10/h6H,4-5H2,1-3H3. The third-order valence-corrected chi connectivity index (χ3v) is 2.87. The second-order valence-electron chi connectivity index (χ2n) is 3.63. The number of hydrogen-bond acceptors (Lipinski definition) is 0. The van der Waals surface area contributed by atoms with Crippen LogP contribution in [-0.2, 0) is 0 Å². The predicted octanol–water partition coefficient (Wildman–Crippen LogP) is 3.37. The average Bonchev–Trinajstić information content (AvgIpc) is 2.41. The van der Waals surface area contributed by atoms with Crippen LogP contribution in [0.25, 0.3) is 0 Å². The van der Waals surface area contributed by atoms with Crippen molar-refractivity contribution in [3.63, 3.8) is 0 Å². The second-order valence-corrected chi connectivity index (χ2v) is 3.63. The average molecular weight is 146 g/mol. The molecule has 0 saturated heterocycles. The molecular weight excluding hydrogens is 132 g/mol. The lowest BCUT2D eigenvalue weighted by molar-refractivity contribution is 1.01. The first-order valence-electron chi connectivity index (χ1n) is 4.28. The fraction of sp³-hybridized carbons (Fsp3) is 0.455. The van der Waals surface area contributed by atoms with E-state index in [1.54, 1.807) is 16.7 Å². The van der Waals surface area contributed by atoms with Crippen molar-refractivity contribution in [3.8, 4) is 0 Å². The highest BCUT2D eigenvalue weighted by Gasteiger charge is 2.22. The molecule has 2 aliphatic rings. The Morgan fingerprint density at radius 3 is 2.45 bits per heavy atom. The van der Waals surface area contributed by atoms with E-state index in [0.717, 1.165) is 0 Å². The maximum Gasteiger partial charge on any atom is -0.0203 e. The first-order chi connectivity index (χ1) is 5.20. The smallest absolute Gasteiger partial charge is 0.0203 e. The van der Waals surface area contributed by atoms with E-state index in [9.17, 15) is 0 Å². The van der Waals surface area contributed by atoms with Crippen LogP contribution in [-0.4, -0.2) is 0 Å². The molecule has 0 aromatic heterocycles. The zero-order valence-corrected chi connectivity index (χ0v) is 7.49. The van der Waals surface area contributed by atoms with Crippen LogP contribution in [0, 0.1) is 0 Å². The van der Waals surface area contributed by atoms with Crippen molar-refractivity contribution in [1.29, 1.82) is 0 Å². The van der Waals surface area contributed by atoms with Gasteiger partial charge in [-0.1, -0.05) is 11.6 Å². The maximum atomic E-state index is 2.35. The Bertz CT molecular complexity index is 298. The van der Waals surface area contributed by atoms with E-state index in [1.807, 2.05) is 0 Å². The molecule has 0 unspecified atom stereocenters. The number of fused-ring (bicyclic) bond motifs is 1. The fourth-order valence-corrected chi connectivity index (χ4v) is 2.12. The summed E-state index contributed by atoms with van der Waals surface area (Å²) in [5.74, 6) is 0. The summed E-state index contributed by atoms with van der Waals surface area (Å²) in [5, 5.41) is 0. The van der Waals surface area contributed by atoms with Gasteiger partial charge in [-0.15, -0.1) is 0 Å². The van der Waals surface area contributed by atoms with Crippen molar-refractivity contribution >= 4 is 0 Å². The van der Waals surface area contributed by atoms with Gasteiger partial charge < -0.3 is 0 Å². The lowest BCUT2D eigenvalue weighted by atomic mass is 10.0. The molecule has 0 spiro atoms. The molecule has 2 rings (SSSR count). The van der Waals surface area contributed by atoms with Crippen molar-refractivity contribution in [2.75, 3.05) is 0 Å². The second kappa shape index (κ2) is 2.10. The molecule has 0 atom stereocenters. The van der Waals surface area contributed by atoms with E-state index >= 15 is 0 Å². The lowest BCUT2D eigenvalue weighted by Gasteiger charge is -2.00. The van der Waals surface area contributed by atoms with Gasteiger partial charge in [0.2, 0.25) is 0 Å². The topological polar surface area (TPSA) is 0 Å². The Morgan fingerprint density at radius 2 is 1.82 bits per heavy atom. The highest BCUT2D eigenvalue weighted by molar-refractivity contribution is 5.62. The summed E-state index contributed by atoms with van der Waals surface area (Å²) in [6.45, 7) is 6.71. The van der Waals surface area contributed by atoms with Crippen LogP contribution in [0.15, 0.2) is 33.9 Å². The van der Waals surface area contributed by atoms with Crippen molar-refractivity contribution < 1.29 is 0 Å². The minimum Gasteiger partial charge on any atom is -0.0652 e. The summed E-state index contributed by atoms with van der Waals surface area (Å²) in [4.78, 5) is 0. The molecule has 0 fully saturated rings. The fourth-order valence-electron chi connectivity index (χ4n) is 2.12. The van der Waals surface area contributed by atoms with Crippen molar-refractivity contribution in [1.82, 2.24) is 0 Å². The number of rotatable bonds is 0. The molecule has 0 nitrogen and oxygen atoms in total. The van der Waals surface area contributed by atoms with Gasteiger partial charge in [0.1, 0.15) is 0 Å². The monoisotopic (exact) mass is 146 g/mol. The summed E-state index contributed by atoms with van der Waals surface area (Å²) in [5.41, 5.74) is 7.72. The summed E-state index contributed by atoms with van der Waals surface area (Å²) >= 11 is 0. The molecule has 0 aromatic carbocycles. The van der Waals surface area contributed by atoms with Crippen LogP contribution in [0.1, 0.15) is 33.6 Å². The van der Waals surface area contributed by atoms with Crippen molar-refractivity contribution in [3.05, 3.63) is 33.9 Å². The largest absolute Gasteiger partial charge is 0.0652 e. The van der Waals surface area contributed by atoms with E-state index in [-0.39, 0.29) is 0 Å². The first-order valence-corrected chi connectivity index (χ1v) is 4.28. The zero-order valence-electron chi connectivity index (χ0n) is 7.49. The van der Waals surface area contributed by atoms with Crippen LogP contribution in [0.4, 0.5) is 0 Å². The SMILES string of the molecule is CC1=C(C)C2=C(C)CCC2=C1. The van der Waals surface area contributed by atoms with Gasteiger partial charge in [0.05, 0.1) is 0 Å². The van der Waals surface area contributed by atoms with Gasteiger partial charge in [-0.25, -0.2) is 0 Å². The summed E-state index contributed by atoms with van der Waals surface area (Å²) in [6, 6.07) is 0. The van der Waals surface area contributed by atoms with Crippen LogP contribution < -0.4 is 0 Å². The molecule has 0 heterocycles. The van der Waals surface area contributed by atoms with E-state index in [2.05, 4.69) is 26.8 Å². The van der Waals surface area contributed by atoms with Gasteiger partial charge >= 0.3 is 0 Å². The molecular formula is C11H14. The molecule has 0 saturated carbocycles. The Balaban J connectivity index is 2.57. The number of hydrogen-bond donors (Lipinski definition) is 0. The van der Waals surface area contributed by atoms with E-state index in [1.165, 1.54) is 24.0 Å². The molecule has 0 N–H and O–H groups in total. The summed E-state index contributed by atoms with van der Waals surface area (Å²) in [7, 11) is 0. The lowest BCUT2D eigenvalue weighted by Crippen LogP contribution is -1.81. The Morgan fingerprint density at radius 1 is 1.09 bits per heavy atom. The maximum absolute atomic E-state index is 2.35. The molecule has 0 heteroatoms. The highest BCUT2D eigenvalue weighted by atomic mass is 14.3. The van der Waals surface area contributed by atoms with E-state index < -0.39 is 0 Å². The number of allylic oxidation sites excluding steroid dienone is 6. The highest BCUT2D eigenvalue weighted by Crippen LogP contribution is 2.41. The Hall–Kier alpha value is -0.780. The molecule has 0 aliphatic heterocycles. The first kappa shape index (κ1) is 6.90. The molecule has 0 radical (unpaired) electrons. The molecule has 0 amide bonds. The van der Waals surface area contributed by atoms with E-state index in [4.69, 9.17) is 0 Å². The van der Waals surface area contributed by atoms with Crippen LogP contribution in [0.5, 0.6) is 0 Å². The molecule has 0 aromatic rings. The quantitative estimate of drug-likeness (QED) is 0.491. The predicted molar refractivity (Wildman–Crippen MR) is 48.4 cm³/mol. The van der Waals surface area contributed by atoms with Gasteiger partial charge in [-0.05, 0) is 55.9 Å². The molecule has 0 bridgehead atoms. The molecule has 11 heavy (non-hydrogen) atoms. The zero-order chi connectivity index (χ0) is 8.01. The van der Waals surface area contributed by atoms with Crippen LogP contribution >= 0.6 is 0 Å². The van der Waals surface area contributed by atoms with Gasteiger partial charge in [-0.2, -0.15) is 0 Å². The molecule has 2 aliphatic carbocycles. The Kier molecular flexibility index (Phi) is 1.32. The van der Waals surface area contributed by atoms with Gasteiger partial charge in [0.25, 0.3) is 0 Å². The van der Waals surface area contributed by atoms with Crippen LogP contribution in [0.3, 0.4) is 0 Å². The third-order valence-electron chi connectivity index (χ3n) is 2.87. The summed E-state index contributed by atoms with van der Waals surface area (Å²) < 4.78 is 0.